The molecule has 11 heavy (non-hydrogen) atoms. The number of primary amides is 1. The first-order chi connectivity index (χ1) is 5.04. The van der Waals surface area contributed by atoms with Gasteiger partial charge in [-0.05, 0) is 6.92 Å². The Bertz CT molecular complexity index is 129. The Hall–Kier alpha value is -0.480. The summed E-state index contributed by atoms with van der Waals surface area (Å²) in [4.78, 5) is 19.0. The van der Waals surface area contributed by atoms with Crippen LogP contribution in [0.15, 0.2) is 0 Å². The fourth-order valence-electron chi connectivity index (χ4n) is 0.113. The van der Waals surface area contributed by atoms with Crippen LogP contribution in [0.25, 0.3) is 0 Å². The predicted molar refractivity (Wildman–Crippen MR) is 42.8 cm³/mol. The number of hydrogen-bond donors (Lipinski definition) is 1. The Morgan fingerprint density at radius 3 is 1.91 bits per heavy atom. The number of amides is 1. The Kier molecular flexibility index (Phi) is 11.4. The third kappa shape index (κ3) is 26.4. The van der Waals surface area contributed by atoms with E-state index in [1.807, 2.05) is 0 Å². The minimum atomic E-state index is -0.738. The van der Waals surface area contributed by atoms with Gasteiger partial charge in [0.1, 0.15) is 5.88 Å². The maximum Gasteiger partial charge on any atom is 0.403 e. The lowest BCUT2D eigenvalue weighted by Crippen LogP contribution is -2.10. The standard InChI is InChI=1S/C3H5ClO2.C2H4ClNO/c1-2-6-3(4)5;3-1-2(4)5/h2H2,1H3;1H2,(H2,4,5). The molecule has 4 nitrogen and oxygen atoms in total. The van der Waals surface area contributed by atoms with E-state index in [1.54, 1.807) is 6.92 Å². The van der Waals surface area contributed by atoms with Crippen molar-refractivity contribution in [2.45, 2.75) is 6.92 Å². The van der Waals surface area contributed by atoms with Crippen molar-refractivity contribution in [3.63, 3.8) is 0 Å². The van der Waals surface area contributed by atoms with E-state index in [-0.39, 0.29) is 5.88 Å². The first kappa shape index (κ1) is 13.1. The number of carbonyl (C=O) groups excluding carboxylic acids is 2. The fourth-order valence-corrected chi connectivity index (χ4v) is 0.223. The zero-order valence-electron chi connectivity index (χ0n) is 5.97. The van der Waals surface area contributed by atoms with Gasteiger partial charge in [0.2, 0.25) is 5.91 Å². The van der Waals surface area contributed by atoms with Crippen molar-refractivity contribution in [3.05, 3.63) is 0 Å². The molecule has 0 aliphatic carbocycles. The van der Waals surface area contributed by atoms with E-state index in [4.69, 9.17) is 23.2 Å². The molecule has 0 aromatic carbocycles. The van der Waals surface area contributed by atoms with Gasteiger partial charge < -0.3 is 10.5 Å². The largest absolute Gasteiger partial charge is 0.454 e. The van der Waals surface area contributed by atoms with Crippen molar-refractivity contribution in [1.82, 2.24) is 0 Å². The monoisotopic (exact) mass is 201 g/mol. The Labute approximate surface area is 74.6 Å². The van der Waals surface area contributed by atoms with Gasteiger partial charge >= 0.3 is 5.43 Å². The van der Waals surface area contributed by atoms with E-state index >= 15 is 0 Å². The van der Waals surface area contributed by atoms with Gasteiger partial charge in [-0.1, -0.05) is 0 Å². The lowest BCUT2D eigenvalue weighted by molar-refractivity contribution is -0.115. The molecule has 0 aromatic rings. The highest BCUT2D eigenvalue weighted by atomic mass is 35.5. The number of halogens is 2. The quantitative estimate of drug-likeness (QED) is 0.538. The minimum absolute atomic E-state index is 0.0833. The van der Waals surface area contributed by atoms with Gasteiger partial charge in [-0.2, -0.15) is 0 Å². The first-order valence-electron chi connectivity index (χ1n) is 2.71. The summed E-state index contributed by atoms with van der Waals surface area (Å²) in [7, 11) is 0. The van der Waals surface area contributed by atoms with Crippen LogP contribution in [0, 0.1) is 0 Å². The van der Waals surface area contributed by atoms with Crippen LogP contribution in [-0.4, -0.2) is 23.8 Å². The smallest absolute Gasteiger partial charge is 0.403 e. The highest BCUT2D eigenvalue weighted by Gasteiger charge is 1.86. The third-order valence-electron chi connectivity index (χ3n) is 0.390. The summed E-state index contributed by atoms with van der Waals surface area (Å²) >= 11 is 9.58. The molecule has 6 heteroatoms. The number of hydrogen-bond acceptors (Lipinski definition) is 3. The van der Waals surface area contributed by atoms with E-state index in [2.05, 4.69) is 10.5 Å². The summed E-state index contributed by atoms with van der Waals surface area (Å²) in [6, 6.07) is 0. The Morgan fingerprint density at radius 2 is 1.91 bits per heavy atom. The van der Waals surface area contributed by atoms with E-state index in [1.165, 1.54) is 0 Å². The van der Waals surface area contributed by atoms with Gasteiger partial charge in [0.25, 0.3) is 0 Å². The first-order valence-corrected chi connectivity index (χ1v) is 3.62. The van der Waals surface area contributed by atoms with E-state index < -0.39 is 11.3 Å². The molecule has 0 saturated heterocycles. The summed E-state index contributed by atoms with van der Waals surface area (Å²) in [5.74, 6) is -0.563. The van der Waals surface area contributed by atoms with Gasteiger partial charge in [0.15, 0.2) is 0 Å². The van der Waals surface area contributed by atoms with Crippen LogP contribution in [0.1, 0.15) is 6.92 Å². The Morgan fingerprint density at radius 1 is 1.55 bits per heavy atom. The number of rotatable bonds is 2. The predicted octanol–water partition coefficient (Wildman–Crippen LogP) is 1.09. The molecule has 0 saturated carbocycles. The number of carbonyl (C=O) groups is 2. The second kappa shape index (κ2) is 9.52. The van der Waals surface area contributed by atoms with Crippen molar-refractivity contribution >= 4 is 34.5 Å². The Balaban J connectivity index is 0. The van der Waals surface area contributed by atoms with Crippen LogP contribution in [0.5, 0.6) is 0 Å². The van der Waals surface area contributed by atoms with Gasteiger partial charge in [0.05, 0.1) is 6.61 Å². The molecule has 66 valence electrons. The van der Waals surface area contributed by atoms with Gasteiger partial charge in [0, 0.05) is 11.6 Å². The van der Waals surface area contributed by atoms with Crippen LogP contribution in [-0.2, 0) is 9.53 Å². The van der Waals surface area contributed by atoms with Crippen molar-refractivity contribution in [2.24, 2.45) is 5.73 Å². The molecule has 0 spiro atoms. The molecule has 0 aromatic heterocycles. The molecular formula is C5H9Cl2NO3. The van der Waals surface area contributed by atoms with E-state index in [0.717, 1.165) is 0 Å². The van der Waals surface area contributed by atoms with Crippen LogP contribution >= 0.6 is 23.2 Å². The molecule has 0 radical (unpaired) electrons. The zero-order valence-corrected chi connectivity index (χ0v) is 7.48. The molecule has 0 unspecified atom stereocenters. The normalized spacial score (nSPS) is 7.55. The molecule has 1 amide bonds. The summed E-state index contributed by atoms with van der Waals surface area (Å²) in [6.07, 6.45) is 0. The second-order valence-corrected chi connectivity index (χ2v) is 1.85. The fraction of sp³-hybridized carbons (Fsp3) is 0.600. The van der Waals surface area contributed by atoms with Gasteiger partial charge in [-0.15, -0.1) is 11.6 Å². The SMILES string of the molecule is CCOC(=O)Cl.NC(=O)CCl. The number of ether oxygens (including phenoxy) is 1. The molecule has 0 aliphatic heterocycles. The molecule has 2 N–H and O–H groups in total. The van der Waals surface area contributed by atoms with Crippen molar-refractivity contribution < 1.29 is 14.3 Å². The van der Waals surface area contributed by atoms with Crippen molar-refractivity contribution in [3.8, 4) is 0 Å². The highest BCUT2D eigenvalue weighted by Crippen LogP contribution is 1.82. The number of alkyl halides is 1. The maximum atomic E-state index is 9.59. The van der Waals surface area contributed by atoms with Gasteiger partial charge in [-0.3, -0.25) is 4.79 Å². The van der Waals surface area contributed by atoms with Crippen LogP contribution in [0.2, 0.25) is 0 Å². The number of nitrogens with two attached hydrogens (primary N) is 1. The summed E-state index contributed by atoms with van der Waals surface area (Å²) in [5, 5.41) is 0. The van der Waals surface area contributed by atoms with Gasteiger partial charge in [-0.25, -0.2) is 4.79 Å². The van der Waals surface area contributed by atoms with Crippen LogP contribution < -0.4 is 5.73 Å². The summed E-state index contributed by atoms with van der Waals surface area (Å²) < 4.78 is 4.17. The minimum Gasteiger partial charge on any atom is -0.454 e. The topological polar surface area (TPSA) is 69.4 Å². The third-order valence-corrected chi connectivity index (χ3v) is 0.762. The molecule has 0 heterocycles. The molecule has 0 aliphatic rings. The molecule has 0 rings (SSSR count). The lowest BCUT2D eigenvalue weighted by Gasteiger charge is -1.86. The lowest BCUT2D eigenvalue weighted by atomic mass is 10.8. The van der Waals surface area contributed by atoms with Crippen molar-refractivity contribution in [1.29, 1.82) is 0 Å². The molecule has 0 atom stereocenters. The van der Waals surface area contributed by atoms with Crippen LogP contribution in [0.3, 0.4) is 0 Å². The zero-order chi connectivity index (χ0) is 9.28. The van der Waals surface area contributed by atoms with E-state index in [9.17, 15) is 9.59 Å². The maximum absolute atomic E-state index is 9.59. The average Bonchev–Trinajstić information content (AvgIpc) is 1.89. The van der Waals surface area contributed by atoms with Crippen LogP contribution in [0.4, 0.5) is 4.79 Å². The second-order valence-electron chi connectivity index (χ2n) is 1.27. The average molecular weight is 202 g/mol. The molecule has 0 bridgehead atoms. The summed E-state index contributed by atoms with van der Waals surface area (Å²) in [6.45, 7) is 2.04. The van der Waals surface area contributed by atoms with Crippen molar-refractivity contribution in [2.75, 3.05) is 12.5 Å². The molecular weight excluding hydrogens is 193 g/mol. The molecule has 0 fully saturated rings. The van der Waals surface area contributed by atoms with E-state index in [0.29, 0.717) is 6.61 Å². The summed E-state index contributed by atoms with van der Waals surface area (Å²) in [5.41, 5.74) is 3.78. The highest BCUT2D eigenvalue weighted by molar-refractivity contribution is 6.61.